The third-order valence-electron chi connectivity index (χ3n) is 5.79. The minimum atomic E-state index is -0.121. The lowest BCUT2D eigenvalue weighted by Crippen LogP contribution is -2.51. The van der Waals surface area contributed by atoms with Gasteiger partial charge in [0, 0.05) is 37.5 Å². The number of hydrogen-bond acceptors (Lipinski definition) is 3. The van der Waals surface area contributed by atoms with E-state index >= 15 is 0 Å². The molecular formula is C21H27N3O2. The van der Waals surface area contributed by atoms with Crippen LogP contribution in [-0.4, -0.2) is 35.6 Å². The van der Waals surface area contributed by atoms with Crippen molar-refractivity contribution in [3.8, 4) is 11.4 Å². The van der Waals surface area contributed by atoms with Crippen molar-refractivity contribution in [1.82, 2.24) is 9.47 Å². The van der Waals surface area contributed by atoms with Gasteiger partial charge in [0.05, 0.1) is 24.0 Å². The van der Waals surface area contributed by atoms with Crippen molar-refractivity contribution in [1.29, 1.82) is 0 Å². The number of carbonyl (C=O) groups excluding carboxylic acids is 1. The molecule has 3 heterocycles. The number of aromatic nitrogens is 1. The van der Waals surface area contributed by atoms with Gasteiger partial charge in [0.2, 0.25) is 5.91 Å². The van der Waals surface area contributed by atoms with E-state index in [0.717, 1.165) is 55.9 Å². The molecule has 0 radical (unpaired) electrons. The van der Waals surface area contributed by atoms with Crippen LogP contribution in [0.5, 0.6) is 5.75 Å². The maximum Gasteiger partial charge on any atom is 0.222 e. The number of amides is 1. The molecule has 0 aliphatic carbocycles. The standard InChI is InChI=1S/C21H27N3O2/c1-3-4-7-20(25)23-13-10-21(11-14-23)19-6-5-12-24(19)18-9-8-16(26-2)15-17(18)22-21/h5-6,8-9,12,15,22H,3-4,7,10-11,13-14H2,1-2H3. The van der Waals surface area contributed by atoms with Crippen molar-refractivity contribution in [2.75, 3.05) is 25.5 Å². The molecule has 5 nitrogen and oxygen atoms in total. The third kappa shape index (κ3) is 2.75. The lowest BCUT2D eigenvalue weighted by Gasteiger charge is -2.46. The molecule has 1 amide bonds. The number of methoxy groups -OCH3 is 1. The van der Waals surface area contributed by atoms with Crippen molar-refractivity contribution in [3.05, 3.63) is 42.2 Å². The molecule has 2 aromatic rings. The van der Waals surface area contributed by atoms with Gasteiger partial charge in [-0.3, -0.25) is 4.79 Å². The summed E-state index contributed by atoms with van der Waals surface area (Å²) >= 11 is 0. The Bertz CT molecular complexity index is 803. The van der Waals surface area contributed by atoms with E-state index < -0.39 is 0 Å². The van der Waals surface area contributed by atoms with Crippen molar-refractivity contribution in [2.24, 2.45) is 0 Å². The predicted molar refractivity (Wildman–Crippen MR) is 103 cm³/mol. The minimum Gasteiger partial charge on any atom is -0.497 e. The van der Waals surface area contributed by atoms with Crippen molar-refractivity contribution in [2.45, 2.75) is 44.6 Å². The Labute approximate surface area is 154 Å². The Balaban J connectivity index is 1.59. The van der Waals surface area contributed by atoms with Crippen molar-refractivity contribution >= 4 is 11.6 Å². The number of anilines is 1. The second-order valence-corrected chi connectivity index (χ2v) is 7.34. The maximum atomic E-state index is 12.4. The van der Waals surface area contributed by atoms with Gasteiger partial charge < -0.3 is 19.5 Å². The molecule has 1 N–H and O–H groups in total. The van der Waals surface area contributed by atoms with E-state index in [1.165, 1.54) is 5.69 Å². The number of nitrogens with zero attached hydrogens (tertiary/aromatic N) is 2. The van der Waals surface area contributed by atoms with E-state index in [1.807, 2.05) is 11.0 Å². The number of nitrogens with one attached hydrogen (secondary N) is 1. The lowest BCUT2D eigenvalue weighted by molar-refractivity contribution is -0.132. The first-order valence-electron chi connectivity index (χ1n) is 9.59. The monoisotopic (exact) mass is 353 g/mol. The van der Waals surface area contributed by atoms with Gasteiger partial charge in [-0.1, -0.05) is 13.3 Å². The van der Waals surface area contributed by atoms with E-state index in [4.69, 9.17) is 4.74 Å². The van der Waals surface area contributed by atoms with Crippen LogP contribution in [0.3, 0.4) is 0 Å². The second kappa shape index (κ2) is 6.71. The molecule has 0 bridgehead atoms. The highest BCUT2D eigenvalue weighted by molar-refractivity contribution is 5.76. The van der Waals surface area contributed by atoms with E-state index in [9.17, 15) is 4.79 Å². The molecule has 26 heavy (non-hydrogen) atoms. The molecule has 2 aliphatic rings. The largest absolute Gasteiger partial charge is 0.497 e. The number of fused-ring (bicyclic) bond motifs is 4. The number of ether oxygens (including phenoxy) is 1. The van der Waals surface area contributed by atoms with Crippen LogP contribution in [0.15, 0.2) is 36.5 Å². The SMILES string of the molecule is CCCCC(=O)N1CCC2(CC1)Nc1cc(OC)ccc1-n1cccc12. The minimum absolute atomic E-state index is 0.121. The molecule has 0 saturated carbocycles. The van der Waals surface area contributed by atoms with E-state index in [1.54, 1.807) is 7.11 Å². The van der Waals surface area contributed by atoms with Gasteiger partial charge in [0.25, 0.3) is 0 Å². The number of hydrogen-bond donors (Lipinski definition) is 1. The zero-order valence-electron chi connectivity index (χ0n) is 15.6. The molecule has 5 heteroatoms. The molecule has 0 atom stereocenters. The summed E-state index contributed by atoms with van der Waals surface area (Å²) in [7, 11) is 1.70. The molecule has 1 aromatic carbocycles. The fraction of sp³-hybridized carbons (Fsp3) is 0.476. The van der Waals surface area contributed by atoms with E-state index in [-0.39, 0.29) is 5.54 Å². The molecule has 0 unspecified atom stereocenters. The van der Waals surface area contributed by atoms with Crippen LogP contribution in [-0.2, 0) is 10.3 Å². The average Bonchev–Trinajstić information content (AvgIpc) is 3.17. The van der Waals surface area contributed by atoms with Crippen molar-refractivity contribution in [3.63, 3.8) is 0 Å². The van der Waals surface area contributed by atoms with E-state index in [2.05, 4.69) is 47.3 Å². The predicted octanol–water partition coefficient (Wildman–Crippen LogP) is 3.92. The highest BCUT2D eigenvalue weighted by Crippen LogP contribution is 2.44. The normalized spacial score (nSPS) is 17.4. The summed E-state index contributed by atoms with van der Waals surface area (Å²) in [6, 6.07) is 10.5. The number of piperidine rings is 1. The van der Waals surface area contributed by atoms with Crippen molar-refractivity contribution < 1.29 is 9.53 Å². The number of carbonyl (C=O) groups is 1. The van der Waals surface area contributed by atoms with Gasteiger partial charge in [0.1, 0.15) is 5.75 Å². The number of likely N-dealkylation sites (tertiary alicyclic amines) is 1. The smallest absolute Gasteiger partial charge is 0.222 e. The highest BCUT2D eigenvalue weighted by Gasteiger charge is 2.42. The number of unbranched alkanes of at least 4 members (excludes halogenated alkanes) is 1. The van der Waals surface area contributed by atoms with Gasteiger partial charge in [0.15, 0.2) is 0 Å². The van der Waals surface area contributed by atoms with Gasteiger partial charge >= 0.3 is 0 Å². The third-order valence-corrected chi connectivity index (χ3v) is 5.79. The summed E-state index contributed by atoms with van der Waals surface area (Å²) in [5.74, 6) is 1.16. The lowest BCUT2D eigenvalue weighted by atomic mass is 9.82. The Hall–Kier alpha value is -2.43. The molecule has 2 aliphatic heterocycles. The van der Waals surface area contributed by atoms with Crippen LogP contribution in [0.25, 0.3) is 5.69 Å². The Morgan fingerprint density at radius 2 is 2.08 bits per heavy atom. The zero-order valence-corrected chi connectivity index (χ0v) is 15.6. The summed E-state index contributed by atoms with van der Waals surface area (Å²) < 4.78 is 7.69. The molecule has 138 valence electrons. The Morgan fingerprint density at radius 1 is 1.27 bits per heavy atom. The van der Waals surface area contributed by atoms with Crippen LogP contribution in [0.4, 0.5) is 5.69 Å². The Kier molecular flexibility index (Phi) is 4.39. The topological polar surface area (TPSA) is 46.5 Å². The highest BCUT2D eigenvalue weighted by atomic mass is 16.5. The van der Waals surface area contributed by atoms with Crippen LogP contribution < -0.4 is 10.1 Å². The molecule has 4 rings (SSSR count). The van der Waals surface area contributed by atoms with Crippen LogP contribution >= 0.6 is 0 Å². The van der Waals surface area contributed by atoms with Crippen LogP contribution in [0, 0.1) is 0 Å². The van der Waals surface area contributed by atoms with Crippen LogP contribution in [0.2, 0.25) is 0 Å². The second-order valence-electron chi connectivity index (χ2n) is 7.34. The molecular weight excluding hydrogens is 326 g/mol. The van der Waals surface area contributed by atoms with Gasteiger partial charge in [-0.2, -0.15) is 0 Å². The summed E-state index contributed by atoms with van der Waals surface area (Å²) in [5, 5.41) is 3.79. The summed E-state index contributed by atoms with van der Waals surface area (Å²) in [6.45, 7) is 3.74. The first kappa shape index (κ1) is 17.0. The molecule has 1 spiro atoms. The molecule has 1 aromatic heterocycles. The fourth-order valence-electron chi connectivity index (χ4n) is 4.26. The maximum absolute atomic E-state index is 12.4. The summed E-state index contributed by atoms with van der Waals surface area (Å²) in [5.41, 5.74) is 3.41. The Morgan fingerprint density at radius 3 is 2.81 bits per heavy atom. The zero-order chi connectivity index (χ0) is 18.1. The number of rotatable bonds is 4. The quantitative estimate of drug-likeness (QED) is 0.906. The van der Waals surface area contributed by atoms with E-state index in [0.29, 0.717) is 12.3 Å². The molecule has 1 fully saturated rings. The van der Waals surface area contributed by atoms with Gasteiger partial charge in [-0.25, -0.2) is 0 Å². The number of benzene rings is 1. The van der Waals surface area contributed by atoms with Crippen LogP contribution in [0.1, 0.15) is 44.7 Å². The average molecular weight is 353 g/mol. The van der Waals surface area contributed by atoms with Gasteiger partial charge in [-0.15, -0.1) is 0 Å². The first-order valence-corrected chi connectivity index (χ1v) is 9.59. The summed E-state index contributed by atoms with van der Waals surface area (Å²) in [6.07, 6.45) is 6.69. The molecule has 1 saturated heterocycles. The first-order chi connectivity index (χ1) is 12.7. The fourth-order valence-corrected chi connectivity index (χ4v) is 4.26. The summed E-state index contributed by atoms with van der Waals surface area (Å²) in [4.78, 5) is 14.4. The van der Waals surface area contributed by atoms with Gasteiger partial charge in [-0.05, 0) is 43.5 Å².